The smallest absolute Gasteiger partial charge is 0.224 e. The Bertz CT molecular complexity index is 570. The molecule has 1 aliphatic heterocycles. The van der Waals surface area contributed by atoms with Gasteiger partial charge in [-0.3, -0.25) is 9.59 Å². The lowest BCUT2D eigenvalue weighted by molar-refractivity contribution is -0.127. The molecule has 2 fully saturated rings. The molecule has 1 aliphatic carbocycles. The second-order valence-electron chi connectivity index (χ2n) is 6.17. The summed E-state index contributed by atoms with van der Waals surface area (Å²) in [7, 11) is 0. The van der Waals surface area contributed by atoms with Gasteiger partial charge in [-0.2, -0.15) is 0 Å². The predicted molar refractivity (Wildman–Crippen MR) is 81.8 cm³/mol. The van der Waals surface area contributed by atoms with Gasteiger partial charge in [-0.1, -0.05) is 12.1 Å². The van der Waals surface area contributed by atoms with Crippen molar-refractivity contribution in [3.05, 3.63) is 35.6 Å². The topological polar surface area (TPSA) is 67.4 Å². The first-order valence-corrected chi connectivity index (χ1v) is 8.05. The quantitative estimate of drug-likeness (QED) is 0.832. The number of carbonyl (C=O) groups is 2. The van der Waals surface area contributed by atoms with Crippen LogP contribution in [0.15, 0.2) is 24.3 Å². The lowest BCUT2D eigenvalue weighted by Gasteiger charge is -2.10. The monoisotopic (exact) mass is 320 g/mol. The Morgan fingerprint density at radius 2 is 1.83 bits per heavy atom. The van der Waals surface area contributed by atoms with Gasteiger partial charge >= 0.3 is 0 Å². The van der Waals surface area contributed by atoms with Crippen LogP contribution in [0.3, 0.4) is 0 Å². The average Bonchev–Trinajstić information content (AvgIpc) is 3.19. The second-order valence-corrected chi connectivity index (χ2v) is 6.17. The molecule has 6 heteroatoms. The van der Waals surface area contributed by atoms with Gasteiger partial charge in [0.05, 0.1) is 17.9 Å². The Morgan fingerprint density at radius 1 is 1.13 bits per heavy atom. The van der Waals surface area contributed by atoms with Crippen LogP contribution in [0.5, 0.6) is 0 Å². The average molecular weight is 320 g/mol. The number of carbonyl (C=O) groups excluding carboxylic acids is 2. The zero-order valence-corrected chi connectivity index (χ0v) is 12.9. The van der Waals surface area contributed by atoms with Crippen molar-refractivity contribution in [3.8, 4) is 0 Å². The molecule has 5 nitrogen and oxygen atoms in total. The molecule has 2 aliphatic rings. The van der Waals surface area contributed by atoms with Crippen molar-refractivity contribution in [2.24, 2.45) is 11.8 Å². The van der Waals surface area contributed by atoms with Crippen molar-refractivity contribution < 1.29 is 18.7 Å². The van der Waals surface area contributed by atoms with Crippen LogP contribution in [0.1, 0.15) is 24.8 Å². The maximum atomic E-state index is 12.8. The molecule has 2 N–H and O–H groups in total. The number of hydrogen-bond donors (Lipinski definition) is 2. The van der Waals surface area contributed by atoms with Gasteiger partial charge in [0, 0.05) is 19.7 Å². The largest absolute Gasteiger partial charge is 0.376 e. The Kier molecular flexibility index (Phi) is 4.91. The van der Waals surface area contributed by atoms with Gasteiger partial charge < -0.3 is 15.4 Å². The summed E-state index contributed by atoms with van der Waals surface area (Å²) in [4.78, 5) is 24.0. The van der Waals surface area contributed by atoms with Gasteiger partial charge in [-0.25, -0.2) is 4.39 Å². The lowest BCUT2D eigenvalue weighted by Crippen LogP contribution is -2.34. The van der Waals surface area contributed by atoms with Gasteiger partial charge in [0.25, 0.3) is 0 Å². The number of rotatable bonds is 6. The molecule has 0 aromatic heterocycles. The summed E-state index contributed by atoms with van der Waals surface area (Å²) >= 11 is 0. The Morgan fingerprint density at radius 3 is 2.48 bits per heavy atom. The highest BCUT2D eigenvalue weighted by molar-refractivity contribution is 5.92. The molecule has 1 heterocycles. The standard InChI is InChI=1S/C17H21FN2O3/c18-12-5-3-11(4-6-12)9-19-16(21)14-8-15(14)17(22)20-10-13-2-1-7-23-13/h3-6,13-15H,1-2,7-10H2,(H,19,21)(H,20,22). The number of nitrogens with one attached hydrogen (secondary N) is 2. The summed E-state index contributed by atoms with van der Waals surface area (Å²) in [6.07, 6.45) is 2.72. The van der Waals surface area contributed by atoms with Crippen LogP contribution >= 0.6 is 0 Å². The molecule has 1 aromatic carbocycles. The number of benzene rings is 1. The van der Waals surface area contributed by atoms with Crippen LogP contribution in [0.25, 0.3) is 0 Å². The zero-order chi connectivity index (χ0) is 16.2. The van der Waals surface area contributed by atoms with Crippen LogP contribution in [-0.2, 0) is 20.9 Å². The molecule has 3 unspecified atom stereocenters. The van der Waals surface area contributed by atoms with E-state index in [-0.39, 0.29) is 35.6 Å². The Labute approximate surface area is 134 Å². The van der Waals surface area contributed by atoms with Crippen molar-refractivity contribution in [2.75, 3.05) is 13.2 Å². The normalized spacial score (nSPS) is 25.9. The van der Waals surface area contributed by atoms with E-state index >= 15 is 0 Å². The molecule has 1 aromatic rings. The van der Waals surface area contributed by atoms with E-state index in [4.69, 9.17) is 4.74 Å². The van der Waals surface area contributed by atoms with Crippen molar-refractivity contribution in [3.63, 3.8) is 0 Å². The van der Waals surface area contributed by atoms with E-state index in [1.54, 1.807) is 12.1 Å². The van der Waals surface area contributed by atoms with Crippen LogP contribution in [0.4, 0.5) is 4.39 Å². The van der Waals surface area contributed by atoms with Crippen LogP contribution < -0.4 is 10.6 Å². The molecule has 3 atom stereocenters. The molecule has 3 rings (SSSR count). The molecular formula is C17H21FN2O3. The van der Waals surface area contributed by atoms with Crippen molar-refractivity contribution in [2.45, 2.75) is 31.9 Å². The zero-order valence-electron chi connectivity index (χ0n) is 12.9. The number of hydrogen-bond acceptors (Lipinski definition) is 3. The molecule has 1 saturated heterocycles. The van der Waals surface area contributed by atoms with Crippen LogP contribution in [0.2, 0.25) is 0 Å². The second kappa shape index (κ2) is 7.08. The van der Waals surface area contributed by atoms with Gasteiger partial charge in [0.15, 0.2) is 0 Å². The van der Waals surface area contributed by atoms with Crippen molar-refractivity contribution in [1.29, 1.82) is 0 Å². The Balaban J connectivity index is 1.37. The summed E-state index contributed by atoms with van der Waals surface area (Å²) in [6, 6.07) is 5.99. The minimum Gasteiger partial charge on any atom is -0.376 e. The molecule has 23 heavy (non-hydrogen) atoms. The van der Waals surface area contributed by atoms with Crippen LogP contribution in [-0.4, -0.2) is 31.1 Å². The third-order valence-electron chi connectivity index (χ3n) is 4.37. The van der Waals surface area contributed by atoms with E-state index in [1.807, 2.05) is 0 Å². The fourth-order valence-electron chi connectivity index (χ4n) is 2.85. The maximum absolute atomic E-state index is 12.8. The van der Waals surface area contributed by atoms with E-state index in [9.17, 15) is 14.0 Å². The highest BCUT2D eigenvalue weighted by atomic mass is 19.1. The van der Waals surface area contributed by atoms with E-state index in [0.29, 0.717) is 19.5 Å². The van der Waals surface area contributed by atoms with Crippen molar-refractivity contribution >= 4 is 11.8 Å². The molecule has 0 bridgehead atoms. The highest BCUT2D eigenvalue weighted by Gasteiger charge is 2.47. The summed E-state index contributed by atoms with van der Waals surface area (Å²) < 4.78 is 18.3. The Hall–Kier alpha value is -1.95. The SMILES string of the molecule is O=C(NCc1ccc(F)cc1)C1CC1C(=O)NCC1CCCO1. The summed E-state index contributed by atoms with van der Waals surface area (Å²) in [6.45, 7) is 1.64. The first-order chi connectivity index (χ1) is 11.1. The van der Waals surface area contributed by atoms with E-state index in [2.05, 4.69) is 10.6 Å². The lowest BCUT2D eigenvalue weighted by atomic mass is 10.2. The first-order valence-electron chi connectivity index (χ1n) is 8.05. The van der Waals surface area contributed by atoms with Gasteiger partial charge in [0.2, 0.25) is 11.8 Å². The van der Waals surface area contributed by atoms with Gasteiger partial charge in [-0.05, 0) is 37.0 Å². The van der Waals surface area contributed by atoms with Gasteiger partial charge in [0.1, 0.15) is 5.82 Å². The van der Waals surface area contributed by atoms with E-state index in [0.717, 1.165) is 25.0 Å². The van der Waals surface area contributed by atoms with Crippen LogP contribution in [0, 0.1) is 17.7 Å². The fourth-order valence-corrected chi connectivity index (χ4v) is 2.85. The van der Waals surface area contributed by atoms with Crippen molar-refractivity contribution in [1.82, 2.24) is 10.6 Å². The molecule has 1 saturated carbocycles. The molecule has 0 spiro atoms. The molecule has 2 amide bonds. The van der Waals surface area contributed by atoms with E-state index in [1.165, 1.54) is 12.1 Å². The molecule has 0 radical (unpaired) electrons. The molecular weight excluding hydrogens is 299 g/mol. The summed E-state index contributed by atoms with van der Waals surface area (Å²) in [5, 5.41) is 5.66. The number of halogens is 1. The highest BCUT2D eigenvalue weighted by Crippen LogP contribution is 2.38. The summed E-state index contributed by atoms with van der Waals surface area (Å²) in [5.74, 6) is -0.969. The van der Waals surface area contributed by atoms with Gasteiger partial charge in [-0.15, -0.1) is 0 Å². The molecule has 124 valence electrons. The fraction of sp³-hybridized carbons (Fsp3) is 0.529. The summed E-state index contributed by atoms with van der Waals surface area (Å²) in [5.41, 5.74) is 0.833. The predicted octanol–water partition coefficient (Wildman–Crippen LogP) is 1.37. The first kappa shape index (κ1) is 15.9. The number of ether oxygens (including phenoxy) is 1. The minimum atomic E-state index is -0.301. The third-order valence-corrected chi connectivity index (χ3v) is 4.37. The minimum absolute atomic E-state index is 0.0672. The third kappa shape index (κ3) is 4.28. The van der Waals surface area contributed by atoms with E-state index < -0.39 is 0 Å². The number of amides is 2. The maximum Gasteiger partial charge on any atom is 0.224 e.